The molecule has 0 saturated heterocycles. The maximum atomic E-state index is 12.5. The zero-order valence-electron chi connectivity index (χ0n) is 14.2. The highest BCUT2D eigenvalue weighted by atomic mass is 31.2. The zero-order chi connectivity index (χ0) is 18.0. The number of rotatable bonds is 7. The number of carbonyl (C=O) groups excluding carboxylic acids is 2. The zero-order valence-corrected chi connectivity index (χ0v) is 15.1. The number of amides is 1. The minimum Gasteiger partial charge on any atom is -0.451 e. The van der Waals surface area contributed by atoms with E-state index in [4.69, 9.17) is 9.05 Å². The topological polar surface area (TPSA) is 101 Å². The molecule has 0 aliphatic carbocycles. The van der Waals surface area contributed by atoms with Gasteiger partial charge in [-0.1, -0.05) is 6.08 Å². The molecule has 0 rings (SSSR count). The highest BCUT2D eigenvalue weighted by Gasteiger charge is 2.25. The van der Waals surface area contributed by atoms with E-state index < -0.39 is 19.8 Å². The van der Waals surface area contributed by atoms with Gasteiger partial charge in [0.05, 0.1) is 33.0 Å². The Balaban J connectivity index is 4.99. The van der Waals surface area contributed by atoms with Gasteiger partial charge in [0.2, 0.25) is 0 Å². The Hall–Kier alpha value is -1.57. The molecule has 0 atom stereocenters. The second-order valence-corrected chi connectivity index (χ2v) is 6.61. The van der Waals surface area contributed by atoms with Gasteiger partial charge in [-0.15, -0.1) is 5.06 Å². The predicted octanol–water partition coefficient (Wildman–Crippen LogP) is 3.31. The smallest absolute Gasteiger partial charge is 0.451 e. The lowest BCUT2D eigenvalue weighted by Gasteiger charge is -2.20. The van der Waals surface area contributed by atoms with Gasteiger partial charge in [0, 0.05) is 5.82 Å². The molecule has 0 aromatic rings. The lowest BCUT2D eigenvalue weighted by molar-refractivity contribution is -0.0967. The first-order chi connectivity index (χ1) is 10.6. The Bertz CT molecular complexity index is 449. The first kappa shape index (κ1) is 21.4. The first-order valence-corrected chi connectivity index (χ1v) is 8.50. The van der Waals surface area contributed by atoms with Crippen molar-refractivity contribution in [2.75, 3.05) is 20.8 Å². The molecule has 0 N–H and O–H groups in total. The van der Waals surface area contributed by atoms with E-state index in [9.17, 15) is 14.2 Å². The molecule has 0 bridgehead atoms. The van der Waals surface area contributed by atoms with Gasteiger partial charge in [0.1, 0.15) is 0 Å². The van der Waals surface area contributed by atoms with Crippen LogP contribution in [0.3, 0.4) is 0 Å². The second kappa shape index (κ2) is 10.3. The summed E-state index contributed by atoms with van der Waals surface area (Å²) < 4.78 is 31.9. The fourth-order valence-electron chi connectivity index (χ4n) is 1.33. The fourth-order valence-corrected chi connectivity index (χ4v) is 3.05. The maximum Gasteiger partial charge on any atom is 0.533 e. The van der Waals surface area contributed by atoms with Crippen LogP contribution in [0.4, 0.5) is 9.59 Å². The van der Waals surface area contributed by atoms with E-state index in [0.29, 0.717) is 5.06 Å². The standard InChI is InChI=1S/C13H24NO8P/c1-10(2)21-23(17,22-11(3)4)9-7-8-14(12(15)18-5)20-13(16)19-6/h7,9-11H,8H2,1-6H3/b9-7+. The van der Waals surface area contributed by atoms with E-state index in [2.05, 4.69) is 14.3 Å². The fraction of sp³-hybridized carbons (Fsp3) is 0.692. The molecular formula is C13H24NO8P. The van der Waals surface area contributed by atoms with Gasteiger partial charge in [-0.05, 0) is 27.7 Å². The van der Waals surface area contributed by atoms with Crippen molar-refractivity contribution in [3.63, 3.8) is 0 Å². The molecule has 0 unspecified atom stereocenters. The summed E-state index contributed by atoms with van der Waals surface area (Å²) in [5, 5.41) is 0.595. The van der Waals surface area contributed by atoms with Gasteiger partial charge >= 0.3 is 19.8 Å². The third kappa shape index (κ3) is 9.22. The van der Waals surface area contributed by atoms with Crippen molar-refractivity contribution < 1.29 is 37.5 Å². The van der Waals surface area contributed by atoms with E-state index in [-0.39, 0.29) is 18.8 Å². The molecule has 23 heavy (non-hydrogen) atoms. The highest BCUT2D eigenvalue weighted by molar-refractivity contribution is 7.57. The molecular weight excluding hydrogens is 329 g/mol. The monoisotopic (exact) mass is 353 g/mol. The number of methoxy groups -OCH3 is 2. The summed E-state index contributed by atoms with van der Waals surface area (Å²) in [5.41, 5.74) is 0. The molecule has 0 fully saturated rings. The maximum absolute atomic E-state index is 12.5. The van der Waals surface area contributed by atoms with Crippen molar-refractivity contribution in [3.8, 4) is 0 Å². The van der Waals surface area contributed by atoms with Gasteiger partial charge in [-0.3, -0.25) is 9.40 Å². The van der Waals surface area contributed by atoms with Crippen LogP contribution in [0.1, 0.15) is 27.7 Å². The van der Waals surface area contributed by atoms with E-state index in [1.807, 2.05) is 0 Å². The van der Waals surface area contributed by atoms with Crippen LogP contribution in [-0.4, -0.2) is 50.3 Å². The summed E-state index contributed by atoms with van der Waals surface area (Å²) >= 11 is 0. The highest BCUT2D eigenvalue weighted by Crippen LogP contribution is 2.51. The van der Waals surface area contributed by atoms with Crippen molar-refractivity contribution in [2.45, 2.75) is 39.9 Å². The average molecular weight is 353 g/mol. The van der Waals surface area contributed by atoms with Crippen molar-refractivity contribution in [2.24, 2.45) is 0 Å². The average Bonchev–Trinajstić information content (AvgIpc) is 2.43. The van der Waals surface area contributed by atoms with Crippen LogP contribution in [-0.2, 0) is 27.9 Å². The molecule has 9 nitrogen and oxygen atoms in total. The molecule has 0 aromatic carbocycles. The lowest BCUT2D eigenvalue weighted by Crippen LogP contribution is -2.33. The van der Waals surface area contributed by atoms with Crippen LogP contribution in [0.5, 0.6) is 0 Å². The molecule has 10 heteroatoms. The largest absolute Gasteiger partial charge is 0.533 e. The first-order valence-electron chi connectivity index (χ1n) is 6.89. The van der Waals surface area contributed by atoms with E-state index in [0.717, 1.165) is 14.2 Å². The second-order valence-electron chi connectivity index (χ2n) is 4.81. The van der Waals surface area contributed by atoms with Crippen LogP contribution in [0.15, 0.2) is 11.9 Å². The Kier molecular flexibility index (Phi) is 9.55. The van der Waals surface area contributed by atoms with Crippen molar-refractivity contribution in [1.82, 2.24) is 5.06 Å². The summed E-state index contributed by atoms with van der Waals surface area (Å²) in [6, 6.07) is 0. The minimum atomic E-state index is -3.50. The molecule has 0 spiro atoms. The molecule has 0 aromatic heterocycles. The van der Waals surface area contributed by atoms with Crippen molar-refractivity contribution in [3.05, 3.63) is 11.9 Å². The van der Waals surface area contributed by atoms with Crippen LogP contribution >= 0.6 is 7.60 Å². The van der Waals surface area contributed by atoms with Crippen molar-refractivity contribution in [1.29, 1.82) is 0 Å². The van der Waals surface area contributed by atoms with E-state index in [1.54, 1.807) is 27.7 Å². The van der Waals surface area contributed by atoms with Gasteiger partial charge in [0.25, 0.3) is 0 Å². The van der Waals surface area contributed by atoms with Crippen LogP contribution in [0, 0.1) is 0 Å². The number of hydrogen-bond acceptors (Lipinski definition) is 8. The summed E-state index contributed by atoms with van der Waals surface area (Å²) in [6.07, 6.45) is -1.36. The Morgan fingerprint density at radius 1 is 1.04 bits per heavy atom. The van der Waals surface area contributed by atoms with Gasteiger partial charge in [-0.25, -0.2) is 9.59 Å². The van der Waals surface area contributed by atoms with Gasteiger partial charge in [-0.2, -0.15) is 0 Å². The van der Waals surface area contributed by atoms with Crippen LogP contribution in [0.2, 0.25) is 0 Å². The Labute approximate surface area is 135 Å². The summed E-state index contributed by atoms with van der Waals surface area (Å²) in [4.78, 5) is 27.2. The molecule has 0 heterocycles. The van der Waals surface area contributed by atoms with Gasteiger partial charge in [0.15, 0.2) is 0 Å². The number of hydrogen-bond donors (Lipinski definition) is 0. The molecule has 134 valence electrons. The van der Waals surface area contributed by atoms with Crippen molar-refractivity contribution >= 4 is 19.8 Å². The number of nitrogens with zero attached hydrogens (tertiary/aromatic N) is 1. The molecule has 0 saturated carbocycles. The normalized spacial score (nSPS) is 11.8. The Morgan fingerprint density at radius 2 is 1.57 bits per heavy atom. The lowest BCUT2D eigenvalue weighted by atomic mass is 10.5. The molecule has 0 aliphatic rings. The minimum absolute atomic E-state index is 0.228. The van der Waals surface area contributed by atoms with E-state index >= 15 is 0 Å². The molecule has 0 radical (unpaired) electrons. The van der Waals surface area contributed by atoms with Gasteiger partial charge < -0.3 is 18.5 Å². The van der Waals surface area contributed by atoms with Crippen LogP contribution < -0.4 is 0 Å². The molecule has 0 aliphatic heterocycles. The quantitative estimate of drug-likeness (QED) is 0.390. The summed E-state index contributed by atoms with van der Waals surface area (Å²) in [6.45, 7) is 6.63. The number of ether oxygens (including phenoxy) is 2. The van der Waals surface area contributed by atoms with Crippen LogP contribution in [0.25, 0.3) is 0 Å². The molecule has 1 amide bonds. The third-order valence-electron chi connectivity index (χ3n) is 2.00. The van der Waals surface area contributed by atoms with E-state index in [1.165, 1.54) is 11.9 Å². The Morgan fingerprint density at radius 3 is 1.96 bits per heavy atom. The predicted molar refractivity (Wildman–Crippen MR) is 81.8 cm³/mol. The number of carbonyl (C=O) groups is 2. The third-order valence-corrected chi connectivity index (χ3v) is 4.01. The number of hydroxylamine groups is 2. The summed E-state index contributed by atoms with van der Waals surface area (Å²) in [5.74, 6) is 1.20. The summed E-state index contributed by atoms with van der Waals surface area (Å²) in [7, 11) is -1.29. The SMILES string of the molecule is COC(=O)ON(C/C=C/P(=O)(OC(C)C)OC(C)C)C(=O)OC.